The van der Waals surface area contributed by atoms with Crippen molar-refractivity contribution in [3.8, 4) is 0 Å². The molecule has 1 saturated carbocycles. The average Bonchev–Trinajstić information content (AvgIpc) is 2.26. The number of halogens is 1. The van der Waals surface area contributed by atoms with Crippen molar-refractivity contribution in [2.45, 2.75) is 51.2 Å². The summed E-state index contributed by atoms with van der Waals surface area (Å²) in [6.07, 6.45) is 2.39. The largest absolute Gasteiger partial charge is 0.375 e. The quantitative estimate of drug-likeness (QED) is 0.851. The van der Waals surface area contributed by atoms with Gasteiger partial charge < -0.3 is 10.1 Å². The molecule has 1 aromatic carbocycles. The van der Waals surface area contributed by atoms with Gasteiger partial charge in [-0.15, -0.1) is 0 Å². The lowest BCUT2D eigenvalue weighted by molar-refractivity contribution is -0.0128. The van der Waals surface area contributed by atoms with Gasteiger partial charge in [0.1, 0.15) is 0 Å². The van der Waals surface area contributed by atoms with E-state index >= 15 is 0 Å². The maximum atomic E-state index is 6.03. The number of benzene rings is 1. The predicted octanol–water partition coefficient (Wildman–Crippen LogP) is 3.99. The molecular weight excluding hydrogens is 258 g/mol. The molecule has 1 fully saturated rings. The highest BCUT2D eigenvalue weighted by atomic mass is 35.5. The van der Waals surface area contributed by atoms with E-state index in [-0.39, 0.29) is 5.60 Å². The first-order chi connectivity index (χ1) is 9.00. The van der Waals surface area contributed by atoms with Gasteiger partial charge in [-0.25, -0.2) is 0 Å². The molecule has 0 spiro atoms. The van der Waals surface area contributed by atoms with Crippen LogP contribution in [0.3, 0.4) is 0 Å². The maximum absolute atomic E-state index is 6.03. The SMILES string of the molecule is CCOC(C)(C)CNC1CC(c2cccc(Cl)c2)C1. The Morgan fingerprint density at radius 1 is 1.37 bits per heavy atom. The van der Waals surface area contributed by atoms with Crippen molar-refractivity contribution >= 4 is 11.6 Å². The zero-order valence-electron chi connectivity index (χ0n) is 12.1. The van der Waals surface area contributed by atoms with E-state index in [0.717, 1.165) is 18.2 Å². The molecule has 1 aromatic rings. The van der Waals surface area contributed by atoms with Gasteiger partial charge in [-0.05, 0) is 57.2 Å². The van der Waals surface area contributed by atoms with E-state index in [1.165, 1.54) is 18.4 Å². The summed E-state index contributed by atoms with van der Waals surface area (Å²) in [6, 6.07) is 8.85. The van der Waals surface area contributed by atoms with E-state index in [4.69, 9.17) is 16.3 Å². The third kappa shape index (κ3) is 4.20. The van der Waals surface area contributed by atoms with Crippen LogP contribution in [0.2, 0.25) is 5.02 Å². The third-order valence-electron chi connectivity index (χ3n) is 3.81. The van der Waals surface area contributed by atoms with Gasteiger partial charge in [0, 0.05) is 24.2 Å². The predicted molar refractivity (Wildman–Crippen MR) is 80.9 cm³/mol. The standard InChI is InChI=1S/C16H24ClNO/c1-4-19-16(2,3)11-18-15-9-13(10-15)12-6-5-7-14(17)8-12/h5-8,13,15,18H,4,9-11H2,1-3H3. The van der Waals surface area contributed by atoms with Crippen molar-refractivity contribution in [2.24, 2.45) is 0 Å². The van der Waals surface area contributed by atoms with Crippen LogP contribution in [0.1, 0.15) is 45.1 Å². The minimum Gasteiger partial charge on any atom is -0.375 e. The molecule has 0 radical (unpaired) electrons. The monoisotopic (exact) mass is 281 g/mol. The van der Waals surface area contributed by atoms with Crippen molar-refractivity contribution in [2.75, 3.05) is 13.2 Å². The second-order valence-electron chi connectivity index (χ2n) is 5.99. The van der Waals surface area contributed by atoms with Gasteiger partial charge in [0.15, 0.2) is 0 Å². The van der Waals surface area contributed by atoms with Crippen molar-refractivity contribution < 1.29 is 4.74 Å². The molecule has 1 aliphatic carbocycles. The minimum absolute atomic E-state index is 0.0735. The fraction of sp³-hybridized carbons (Fsp3) is 0.625. The smallest absolute Gasteiger partial charge is 0.0750 e. The van der Waals surface area contributed by atoms with E-state index in [0.29, 0.717) is 12.0 Å². The maximum Gasteiger partial charge on any atom is 0.0750 e. The van der Waals surface area contributed by atoms with Crippen LogP contribution in [0, 0.1) is 0 Å². The summed E-state index contributed by atoms with van der Waals surface area (Å²) in [6.45, 7) is 7.99. The van der Waals surface area contributed by atoms with Crippen LogP contribution in [-0.4, -0.2) is 24.8 Å². The highest BCUT2D eigenvalue weighted by Gasteiger charge is 2.31. The summed E-state index contributed by atoms with van der Waals surface area (Å²) in [4.78, 5) is 0. The molecular formula is C16H24ClNO. The molecule has 0 unspecified atom stereocenters. The van der Waals surface area contributed by atoms with Crippen LogP contribution in [0.4, 0.5) is 0 Å². The Morgan fingerprint density at radius 3 is 2.74 bits per heavy atom. The number of rotatable bonds is 6. The summed E-state index contributed by atoms with van der Waals surface area (Å²) >= 11 is 6.03. The summed E-state index contributed by atoms with van der Waals surface area (Å²) in [5, 5.41) is 4.44. The molecule has 0 aromatic heterocycles. The van der Waals surface area contributed by atoms with Gasteiger partial charge >= 0.3 is 0 Å². The Labute approximate surface area is 121 Å². The van der Waals surface area contributed by atoms with Crippen molar-refractivity contribution in [1.29, 1.82) is 0 Å². The summed E-state index contributed by atoms with van der Waals surface area (Å²) in [5.41, 5.74) is 1.30. The summed E-state index contributed by atoms with van der Waals surface area (Å²) in [5.74, 6) is 0.659. The molecule has 19 heavy (non-hydrogen) atoms. The molecule has 0 heterocycles. The molecule has 0 saturated heterocycles. The summed E-state index contributed by atoms with van der Waals surface area (Å²) < 4.78 is 5.70. The Balaban J connectivity index is 1.75. The number of hydrogen-bond donors (Lipinski definition) is 1. The molecule has 3 heteroatoms. The lowest BCUT2D eigenvalue weighted by Crippen LogP contribution is -2.47. The highest BCUT2D eigenvalue weighted by Crippen LogP contribution is 2.37. The molecule has 1 aliphatic rings. The number of hydrogen-bond acceptors (Lipinski definition) is 2. The molecule has 2 nitrogen and oxygen atoms in total. The molecule has 0 atom stereocenters. The molecule has 0 amide bonds. The fourth-order valence-corrected chi connectivity index (χ4v) is 2.85. The lowest BCUT2D eigenvalue weighted by atomic mass is 9.76. The van der Waals surface area contributed by atoms with Crippen molar-refractivity contribution in [1.82, 2.24) is 5.32 Å². The normalized spacial score (nSPS) is 23.2. The second-order valence-corrected chi connectivity index (χ2v) is 6.43. The van der Waals surface area contributed by atoms with Crippen molar-refractivity contribution in [3.63, 3.8) is 0 Å². The van der Waals surface area contributed by atoms with E-state index < -0.39 is 0 Å². The molecule has 1 N–H and O–H groups in total. The van der Waals surface area contributed by atoms with Crippen LogP contribution >= 0.6 is 11.6 Å². The van der Waals surface area contributed by atoms with Gasteiger partial charge in [-0.2, -0.15) is 0 Å². The van der Waals surface area contributed by atoms with Crippen LogP contribution < -0.4 is 5.32 Å². The molecule has 0 bridgehead atoms. The van der Waals surface area contributed by atoms with E-state index in [2.05, 4.69) is 31.3 Å². The minimum atomic E-state index is -0.0735. The van der Waals surface area contributed by atoms with Gasteiger partial charge in [0.2, 0.25) is 0 Å². The van der Waals surface area contributed by atoms with E-state index in [9.17, 15) is 0 Å². The molecule has 0 aliphatic heterocycles. The zero-order valence-corrected chi connectivity index (χ0v) is 12.8. The lowest BCUT2D eigenvalue weighted by Gasteiger charge is -2.38. The Bertz CT molecular complexity index is 413. The average molecular weight is 282 g/mol. The van der Waals surface area contributed by atoms with Gasteiger partial charge in [-0.3, -0.25) is 0 Å². The van der Waals surface area contributed by atoms with E-state index in [1.807, 2.05) is 19.1 Å². The first-order valence-corrected chi connectivity index (χ1v) is 7.51. The van der Waals surface area contributed by atoms with Gasteiger partial charge in [0.05, 0.1) is 5.60 Å². The van der Waals surface area contributed by atoms with Gasteiger partial charge in [0.25, 0.3) is 0 Å². The third-order valence-corrected chi connectivity index (χ3v) is 4.04. The fourth-order valence-electron chi connectivity index (χ4n) is 2.65. The Hall–Kier alpha value is -0.570. The van der Waals surface area contributed by atoms with Crippen LogP contribution in [-0.2, 0) is 4.74 Å². The topological polar surface area (TPSA) is 21.3 Å². The van der Waals surface area contributed by atoms with Crippen LogP contribution in [0.25, 0.3) is 0 Å². The first-order valence-electron chi connectivity index (χ1n) is 7.13. The summed E-state index contributed by atoms with van der Waals surface area (Å²) in [7, 11) is 0. The van der Waals surface area contributed by atoms with E-state index in [1.54, 1.807) is 0 Å². The zero-order chi connectivity index (χ0) is 13.9. The van der Waals surface area contributed by atoms with Gasteiger partial charge in [-0.1, -0.05) is 23.7 Å². The van der Waals surface area contributed by atoms with Crippen LogP contribution in [0.5, 0.6) is 0 Å². The second kappa shape index (κ2) is 6.25. The van der Waals surface area contributed by atoms with Crippen LogP contribution in [0.15, 0.2) is 24.3 Å². The Kier molecular flexibility index (Phi) is 4.88. The molecule has 106 valence electrons. The molecule has 2 rings (SSSR count). The number of nitrogens with one attached hydrogen (secondary N) is 1. The highest BCUT2D eigenvalue weighted by molar-refractivity contribution is 6.30. The number of ether oxygens (including phenoxy) is 1. The van der Waals surface area contributed by atoms with Crippen molar-refractivity contribution in [3.05, 3.63) is 34.9 Å². The first kappa shape index (κ1) is 14.8. The Morgan fingerprint density at radius 2 is 2.11 bits per heavy atom.